The molecule has 0 aromatic rings. The third-order valence-corrected chi connectivity index (χ3v) is 0.784. The average molecular weight is 166 g/mol. The second kappa shape index (κ2) is 3.50. The third-order valence-electron chi connectivity index (χ3n) is 0.784. The van der Waals surface area contributed by atoms with E-state index in [9.17, 15) is 13.2 Å². The normalized spacial score (nSPS) is 13.8. The molecule has 5 heteroatoms. The molecule has 0 unspecified atom stereocenters. The topological polar surface area (TPSA) is 24.7 Å². The molecule has 0 aliphatic rings. The lowest BCUT2D eigenvalue weighted by atomic mass is 10.4. The Bertz CT molecular complexity index is 169. The third kappa shape index (κ3) is 3.75. The van der Waals surface area contributed by atoms with Gasteiger partial charge in [0.2, 0.25) is 5.84 Å². The molecule has 0 aliphatic carbocycles. The van der Waals surface area contributed by atoms with E-state index >= 15 is 0 Å². The van der Waals surface area contributed by atoms with Crippen LogP contribution in [0.2, 0.25) is 0 Å². The number of hydrogen-bond acceptors (Lipinski definition) is 1. The number of amidine groups is 1. The van der Waals surface area contributed by atoms with Crippen molar-refractivity contribution in [3.8, 4) is 0 Å². The van der Waals surface area contributed by atoms with Gasteiger partial charge in [-0.05, 0) is 20.6 Å². The molecule has 0 atom stereocenters. The molecule has 0 saturated heterocycles. The molecule has 0 bridgehead atoms. The van der Waals surface area contributed by atoms with Crippen LogP contribution >= 0.6 is 0 Å². The quantitative estimate of drug-likeness (QED) is 0.420. The lowest BCUT2D eigenvalue weighted by Gasteiger charge is -2.05. The van der Waals surface area contributed by atoms with Crippen molar-refractivity contribution < 1.29 is 13.2 Å². The maximum atomic E-state index is 11.8. The maximum Gasteiger partial charge on any atom is 0.451 e. The van der Waals surface area contributed by atoms with Crippen molar-refractivity contribution in [3.63, 3.8) is 0 Å². The standard InChI is InChI=1S/C6H9F3N2/c1-4(2)11-5(10-3)6(7,8)9/h4H,3H2,1-2H3/b11-5-. The first kappa shape index (κ1) is 10.1. The summed E-state index contributed by atoms with van der Waals surface area (Å²) in [6, 6.07) is -0.419. The van der Waals surface area contributed by atoms with Crippen LogP contribution in [0.15, 0.2) is 9.98 Å². The van der Waals surface area contributed by atoms with Gasteiger partial charge in [0.05, 0.1) is 0 Å². The molecular formula is C6H9F3N2. The van der Waals surface area contributed by atoms with Gasteiger partial charge in [0.1, 0.15) is 0 Å². The number of hydrogen-bond donors (Lipinski definition) is 0. The fraction of sp³-hybridized carbons (Fsp3) is 0.667. The van der Waals surface area contributed by atoms with Gasteiger partial charge in [-0.3, -0.25) is 4.99 Å². The van der Waals surface area contributed by atoms with Gasteiger partial charge in [0, 0.05) is 6.04 Å². The molecule has 0 radical (unpaired) electrons. The molecule has 0 heterocycles. The molecule has 64 valence electrons. The van der Waals surface area contributed by atoms with Gasteiger partial charge in [0.25, 0.3) is 0 Å². The zero-order valence-electron chi connectivity index (χ0n) is 6.31. The largest absolute Gasteiger partial charge is 0.451 e. The molecular weight excluding hydrogens is 157 g/mol. The summed E-state index contributed by atoms with van der Waals surface area (Å²) in [5.41, 5.74) is 0. The summed E-state index contributed by atoms with van der Waals surface area (Å²) in [4.78, 5) is 6.00. The number of alkyl halides is 3. The highest BCUT2D eigenvalue weighted by atomic mass is 19.4. The Hall–Kier alpha value is -0.870. The summed E-state index contributed by atoms with van der Waals surface area (Å²) in [6.07, 6.45) is -4.48. The van der Waals surface area contributed by atoms with Gasteiger partial charge < -0.3 is 0 Å². The lowest BCUT2D eigenvalue weighted by Crippen LogP contribution is -2.21. The Kier molecular flexibility index (Phi) is 3.22. The number of nitrogens with zero attached hydrogens (tertiary/aromatic N) is 2. The molecule has 0 saturated carbocycles. The minimum atomic E-state index is -4.48. The van der Waals surface area contributed by atoms with Crippen molar-refractivity contribution in [2.75, 3.05) is 0 Å². The van der Waals surface area contributed by atoms with E-state index in [0.717, 1.165) is 0 Å². The Morgan fingerprint density at radius 3 is 1.91 bits per heavy atom. The zero-order chi connectivity index (χ0) is 9.07. The summed E-state index contributed by atoms with van der Waals surface area (Å²) in [5, 5.41) is 0. The fourth-order valence-electron chi connectivity index (χ4n) is 0.448. The van der Waals surface area contributed by atoms with Crippen LogP contribution in [0.25, 0.3) is 0 Å². The van der Waals surface area contributed by atoms with Crippen molar-refractivity contribution in [1.82, 2.24) is 0 Å². The van der Waals surface area contributed by atoms with E-state index in [2.05, 4.69) is 16.7 Å². The molecule has 0 N–H and O–H groups in total. The van der Waals surface area contributed by atoms with Gasteiger partial charge in [0.15, 0.2) is 0 Å². The second-order valence-electron chi connectivity index (χ2n) is 2.20. The molecule has 0 amide bonds. The number of halogens is 3. The van der Waals surface area contributed by atoms with Crippen LogP contribution in [0.4, 0.5) is 13.2 Å². The number of rotatable bonds is 1. The lowest BCUT2D eigenvalue weighted by molar-refractivity contribution is -0.0599. The van der Waals surface area contributed by atoms with Crippen molar-refractivity contribution in [1.29, 1.82) is 0 Å². The van der Waals surface area contributed by atoms with Crippen LogP contribution in [-0.2, 0) is 0 Å². The fourth-order valence-corrected chi connectivity index (χ4v) is 0.448. The van der Waals surface area contributed by atoms with Crippen LogP contribution < -0.4 is 0 Å². The van der Waals surface area contributed by atoms with E-state index in [1.807, 2.05) is 0 Å². The van der Waals surface area contributed by atoms with Gasteiger partial charge in [-0.1, -0.05) is 0 Å². The predicted octanol–water partition coefficient (Wildman–Crippen LogP) is 2.06. The molecule has 0 aromatic carbocycles. The molecule has 0 aromatic heterocycles. The highest BCUT2D eigenvalue weighted by Gasteiger charge is 2.35. The molecule has 11 heavy (non-hydrogen) atoms. The van der Waals surface area contributed by atoms with Crippen molar-refractivity contribution in [2.45, 2.75) is 26.1 Å². The molecule has 0 rings (SSSR count). The average Bonchev–Trinajstić information content (AvgIpc) is 1.79. The summed E-state index contributed by atoms with van der Waals surface area (Å²) >= 11 is 0. The molecule has 2 nitrogen and oxygen atoms in total. The Morgan fingerprint density at radius 2 is 1.82 bits per heavy atom. The van der Waals surface area contributed by atoms with Crippen molar-refractivity contribution in [2.24, 2.45) is 9.98 Å². The van der Waals surface area contributed by atoms with Crippen LogP contribution in [0.5, 0.6) is 0 Å². The first-order valence-electron chi connectivity index (χ1n) is 2.99. The Labute approximate surface area is 62.9 Å². The second-order valence-corrected chi connectivity index (χ2v) is 2.20. The van der Waals surface area contributed by atoms with Gasteiger partial charge in [-0.25, -0.2) is 4.99 Å². The molecule has 0 fully saturated rings. The van der Waals surface area contributed by atoms with Crippen LogP contribution in [0.1, 0.15) is 13.8 Å². The van der Waals surface area contributed by atoms with Crippen LogP contribution in [-0.4, -0.2) is 24.8 Å². The SMILES string of the molecule is C=N/C(=N\C(C)C)C(F)(F)F. The zero-order valence-corrected chi connectivity index (χ0v) is 6.31. The monoisotopic (exact) mass is 166 g/mol. The highest BCUT2D eigenvalue weighted by Crippen LogP contribution is 2.18. The van der Waals surface area contributed by atoms with Crippen molar-refractivity contribution >= 4 is 12.6 Å². The van der Waals surface area contributed by atoms with Crippen LogP contribution in [0, 0.1) is 0 Å². The van der Waals surface area contributed by atoms with E-state index in [-0.39, 0.29) is 0 Å². The minimum Gasteiger partial charge on any atom is -0.260 e. The molecule has 0 aliphatic heterocycles. The minimum absolute atomic E-state index is 0.419. The summed E-state index contributed by atoms with van der Waals surface area (Å²) < 4.78 is 35.4. The first-order valence-corrected chi connectivity index (χ1v) is 2.99. The maximum absolute atomic E-state index is 11.8. The summed E-state index contributed by atoms with van der Waals surface area (Å²) in [5.74, 6) is -1.16. The van der Waals surface area contributed by atoms with Gasteiger partial charge in [-0.15, -0.1) is 0 Å². The van der Waals surface area contributed by atoms with Gasteiger partial charge in [-0.2, -0.15) is 13.2 Å². The van der Waals surface area contributed by atoms with Crippen LogP contribution in [0.3, 0.4) is 0 Å². The predicted molar refractivity (Wildman–Crippen MR) is 38.2 cm³/mol. The summed E-state index contributed by atoms with van der Waals surface area (Å²) in [7, 11) is 0. The number of aliphatic imine (C=N–C) groups is 2. The smallest absolute Gasteiger partial charge is 0.260 e. The Morgan fingerprint density at radius 1 is 1.36 bits per heavy atom. The highest BCUT2D eigenvalue weighted by molar-refractivity contribution is 5.91. The van der Waals surface area contributed by atoms with E-state index in [0.29, 0.717) is 0 Å². The van der Waals surface area contributed by atoms with E-state index in [1.54, 1.807) is 0 Å². The van der Waals surface area contributed by atoms with E-state index in [1.165, 1.54) is 13.8 Å². The Balaban J connectivity index is 4.54. The van der Waals surface area contributed by atoms with Crippen molar-refractivity contribution in [3.05, 3.63) is 0 Å². The van der Waals surface area contributed by atoms with E-state index in [4.69, 9.17) is 0 Å². The summed E-state index contributed by atoms with van der Waals surface area (Å²) in [6.45, 7) is 5.86. The molecule has 0 spiro atoms. The van der Waals surface area contributed by atoms with E-state index < -0.39 is 18.1 Å². The van der Waals surface area contributed by atoms with Gasteiger partial charge >= 0.3 is 6.18 Å². The first-order chi connectivity index (χ1) is 4.88.